The summed E-state index contributed by atoms with van der Waals surface area (Å²) in [4.78, 5) is 34.9. The highest BCUT2D eigenvalue weighted by atomic mass is 16.5. The van der Waals surface area contributed by atoms with Crippen molar-refractivity contribution in [3.05, 3.63) is 59.7 Å². The van der Waals surface area contributed by atoms with Crippen LogP contribution in [-0.4, -0.2) is 42.3 Å². The minimum absolute atomic E-state index is 0.0351. The maximum atomic E-state index is 12.3. The highest BCUT2D eigenvalue weighted by Gasteiger charge is 2.32. The van der Waals surface area contributed by atoms with Gasteiger partial charge in [0.15, 0.2) is 0 Å². The largest absolute Gasteiger partial charge is 0.480 e. The normalized spacial score (nSPS) is 19.8. The van der Waals surface area contributed by atoms with Crippen LogP contribution in [0.3, 0.4) is 0 Å². The van der Waals surface area contributed by atoms with Gasteiger partial charge in [0.1, 0.15) is 12.6 Å². The Morgan fingerprint density at radius 2 is 1.59 bits per heavy atom. The van der Waals surface area contributed by atoms with Gasteiger partial charge in [0.05, 0.1) is 0 Å². The van der Waals surface area contributed by atoms with Crippen LogP contribution in [0.4, 0.5) is 4.79 Å². The standard InChI is InChI=1S/C25H28N2O5/c1-15(24(29)30)27-23(28)12-16-10-17(11-16)13-26-25(31)32-14-22-20-8-4-2-6-18(20)19-7-3-5-9-21(19)22/h2-9,15-17,22H,10-14H2,1H3,(H,26,31)(H,27,28)(H,29,30). The summed E-state index contributed by atoms with van der Waals surface area (Å²) in [6.45, 7) is 2.25. The Balaban J connectivity index is 1.19. The van der Waals surface area contributed by atoms with Gasteiger partial charge in [-0.1, -0.05) is 48.5 Å². The molecular weight excluding hydrogens is 408 g/mol. The molecule has 168 valence electrons. The first-order valence-electron chi connectivity index (χ1n) is 11.0. The highest BCUT2D eigenvalue weighted by Crippen LogP contribution is 2.44. The second kappa shape index (κ2) is 9.42. The van der Waals surface area contributed by atoms with Crippen LogP contribution in [0.15, 0.2) is 48.5 Å². The molecule has 0 bridgehead atoms. The monoisotopic (exact) mass is 436 g/mol. The lowest BCUT2D eigenvalue weighted by Gasteiger charge is -2.35. The van der Waals surface area contributed by atoms with Gasteiger partial charge in [-0.25, -0.2) is 4.79 Å². The Bertz CT molecular complexity index is 969. The van der Waals surface area contributed by atoms with Gasteiger partial charge in [0, 0.05) is 18.9 Å². The van der Waals surface area contributed by atoms with E-state index in [0.717, 1.165) is 12.8 Å². The number of carboxylic acids is 1. The molecule has 3 N–H and O–H groups in total. The van der Waals surface area contributed by atoms with Crippen LogP contribution in [0, 0.1) is 11.8 Å². The molecule has 0 radical (unpaired) electrons. The number of amides is 2. The molecule has 4 rings (SSSR count). The second-order valence-corrected chi connectivity index (χ2v) is 8.74. The molecule has 7 heteroatoms. The molecule has 2 aliphatic rings. The van der Waals surface area contributed by atoms with Crippen LogP contribution in [0.5, 0.6) is 0 Å². The van der Waals surface area contributed by atoms with E-state index in [1.807, 2.05) is 24.3 Å². The maximum absolute atomic E-state index is 12.3. The minimum atomic E-state index is -1.04. The summed E-state index contributed by atoms with van der Waals surface area (Å²) >= 11 is 0. The fraction of sp³-hybridized carbons (Fsp3) is 0.400. The van der Waals surface area contributed by atoms with E-state index < -0.39 is 18.1 Å². The molecule has 2 aliphatic carbocycles. The average molecular weight is 437 g/mol. The zero-order valence-electron chi connectivity index (χ0n) is 18.0. The second-order valence-electron chi connectivity index (χ2n) is 8.74. The summed E-state index contributed by atoms with van der Waals surface area (Å²) in [7, 11) is 0. The molecule has 0 aliphatic heterocycles. The molecule has 2 amide bonds. The quantitative estimate of drug-likeness (QED) is 0.587. The van der Waals surface area contributed by atoms with Crippen molar-refractivity contribution < 1.29 is 24.2 Å². The van der Waals surface area contributed by atoms with Crippen molar-refractivity contribution in [2.45, 2.75) is 38.1 Å². The van der Waals surface area contributed by atoms with E-state index in [4.69, 9.17) is 9.84 Å². The first kappa shape index (κ1) is 21.9. The third-order valence-electron chi connectivity index (χ3n) is 6.43. The molecule has 1 fully saturated rings. The Morgan fingerprint density at radius 3 is 2.19 bits per heavy atom. The Labute approximate surface area is 187 Å². The predicted octanol–water partition coefficient (Wildman–Crippen LogP) is 3.53. The lowest BCUT2D eigenvalue weighted by molar-refractivity contribution is -0.141. The fourth-order valence-electron chi connectivity index (χ4n) is 4.71. The Kier molecular flexibility index (Phi) is 6.44. The van der Waals surface area contributed by atoms with Gasteiger partial charge in [0.25, 0.3) is 0 Å². The number of carbonyl (C=O) groups excluding carboxylic acids is 2. The Morgan fingerprint density at radius 1 is 1.00 bits per heavy atom. The van der Waals surface area contributed by atoms with Crippen LogP contribution < -0.4 is 10.6 Å². The van der Waals surface area contributed by atoms with Crippen molar-refractivity contribution in [1.29, 1.82) is 0 Å². The molecule has 1 atom stereocenters. The van der Waals surface area contributed by atoms with E-state index in [1.165, 1.54) is 29.2 Å². The lowest BCUT2D eigenvalue weighted by atomic mass is 9.73. The first-order valence-corrected chi connectivity index (χ1v) is 11.0. The van der Waals surface area contributed by atoms with Crippen LogP contribution in [-0.2, 0) is 14.3 Å². The minimum Gasteiger partial charge on any atom is -0.480 e. The number of aliphatic carboxylic acids is 1. The lowest BCUT2D eigenvalue weighted by Crippen LogP contribution is -2.42. The van der Waals surface area contributed by atoms with Crippen LogP contribution >= 0.6 is 0 Å². The number of carbonyl (C=O) groups is 3. The van der Waals surface area contributed by atoms with Crippen LogP contribution in [0.2, 0.25) is 0 Å². The van der Waals surface area contributed by atoms with Crippen molar-refractivity contribution in [3.63, 3.8) is 0 Å². The number of rotatable bonds is 8. The summed E-state index contributed by atoms with van der Waals surface area (Å²) in [6, 6.07) is 15.6. The maximum Gasteiger partial charge on any atom is 0.407 e. The van der Waals surface area contributed by atoms with Gasteiger partial charge in [-0.2, -0.15) is 0 Å². The molecule has 0 aromatic heterocycles. The van der Waals surface area contributed by atoms with Crippen molar-refractivity contribution >= 4 is 18.0 Å². The van der Waals surface area contributed by atoms with Gasteiger partial charge in [-0.15, -0.1) is 0 Å². The third-order valence-corrected chi connectivity index (χ3v) is 6.43. The summed E-state index contributed by atoms with van der Waals surface area (Å²) in [5.74, 6) is -0.714. The molecule has 0 spiro atoms. The highest BCUT2D eigenvalue weighted by molar-refractivity contribution is 5.83. The van der Waals surface area contributed by atoms with Crippen LogP contribution in [0.1, 0.15) is 43.2 Å². The third kappa shape index (κ3) is 4.77. The molecule has 0 heterocycles. The average Bonchev–Trinajstić information content (AvgIpc) is 3.07. The number of nitrogens with one attached hydrogen (secondary N) is 2. The van der Waals surface area contributed by atoms with E-state index in [0.29, 0.717) is 18.9 Å². The van der Waals surface area contributed by atoms with Crippen molar-refractivity contribution in [2.75, 3.05) is 13.2 Å². The molecule has 2 aromatic carbocycles. The molecule has 0 saturated heterocycles. The summed E-state index contributed by atoms with van der Waals surface area (Å²) in [6.07, 6.45) is 1.55. The molecular formula is C25H28N2O5. The number of hydrogen-bond acceptors (Lipinski definition) is 4. The number of benzene rings is 2. The molecule has 32 heavy (non-hydrogen) atoms. The SMILES string of the molecule is CC(NC(=O)CC1CC(CNC(=O)OCC2c3ccccc3-c3ccccc32)C1)C(=O)O. The Hall–Kier alpha value is -3.35. The smallest absolute Gasteiger partial charge is 0.407 e. The van der Waals surface area contributed by atoms with Gasteiger partial charge < -0.3 is 20.5 Å². The fourth-order valence-corrected chi connectivity index (χ4v) is 4.71. The van der Waals surface area contributed by atoms with Crippen molar-refractivity contribution in [1.82, 2.24) is 10.6 Å². The van der Waals surface area contributed by atoms with Gasteiger partial charge in [-0.05, 0) is 53.9 Å². The molecule has 1 unspecified atom stereocenters. The number of hydrogen-bond donors (Lipinski definition) is 3. The predicted molar refractivity (Wildman–Crippen MR) is 119 cm³/mol. The van der Waals surface area contributed by atoms with Gasteiger partial charge in [-0.3, -0.25) is 9.59 Å². The molecule has 1 saturated carbocycles. The van der Waals surface area contributed by atoms with E-state index in [-0.39, 0.29) is 24.3 Å². The van der Waals surface area contributed by atoms with Gasteiger partial charge in [0.2, 0.25) is 5.91 Å². The van der Waals surface area contributed by atoms with E-state index in [2.05, 4.69) is 34.9 Å². The molecule has 2 aromatic rings. The van der Waals surface area contributed by atoms with Crippen molar-refractivity contribution in [3.8, 4) is 11.1 Å². The van der Waals surface area contributed by atoms with E-state index >= 15 is 0 Å². The summed E-state index contributed by atoms with van der Waals surface area (Å²) < 4.78 is 5.55. The van der Waals surface area contributed by atoms with Crippen molar-refractivity contribution in [2.24, 2.45) is 11.8 Å². The number of fused-ring (bicyclic) bond motifs is 3. The van der Waals surface area contributed by atoms with E-state index in [1.54, 1.807) is 0 Å². The van der Waals surface area contributed by atoms with Crippen LogP contribution in [0.25, 0.3) is 11.1 Å². The number of ether oxygens (including phenoxy) is 1. The van der Waals surface area contributed by atoms with E-state index in [9.17, 15) is 14.4 Å². The number of carboxylic acid groups (broad SMARTS) is 1. The zero-order valence-corrected chi connectivity index (χ0v) is 18.0. The summed E-state index contributed by atoms with van der Waals surface area (Å²) in [5.41, 5.74) is 4.75. The van der Waals surface area contributed by atoms with Gasteiger partial charge >= 0.3 is 12.1 Å². The topological polar surface area (TPSA) is 105 Å². The first-order chi connectivity index (χ1) is 15.4. The zero-order chi connectivity index (χ0) is 22.7. The summed E-state index contributed by atoms with van der Waals surface area (Å²) in [5, 5.41) is 14.2. The molecule has 7 nitrogen and oxygen atoms in total. The number of alkyl carbamates (subject to hydrolysis) is 1.